The fourth-order valence-corrected chi connectivity index (χ4v) is 3.93. The molecule has 2 nitrogen and oxygen atoms in total. The Hall–Kier alpha value is -0.500. The lowest BCUT2D eigenvalue weighted by molar-refractivity contribution is 0.0580. The van der Waals surface area contributed by atoms with Crippen molar-refractivity contribution >= 4 is 0 Å². The van der Waals surface area contributed by atoms with Gasteiger partial charge in [0.15, 0.2) is 0 Å². The Labute approximate surface area is 132 Å². The summed E-state index contributed by atoms with van der Waals surface area (Å²) < 4.78 is 0. The summed E-state index contributed by atoms with van der Waals surface area (Å²) in [6.07, 6.45) is 7.36. The van der Waals surface area contributed by atoms with Crippen molar-refractivity contribution in [3.63, 3.8) is 0 Å². The molecule has 0 aromatic rings. The van der Waals surface area contributed by atoms with Crippen LogP contribution in [0, 0.1) is 23.2 Å². The SMILES string of the molecule is C=C(C)NC1CCC(CO)CC1C(C)(C)CCCC(C)C. The van der Waals surface area contributed by atoms with E-state index in [2.05, 4.69) is 46.5 Å². The minimum atomic E-state index is 0.329. The fraction of sp³-hybridized carbons (Fsp3) is 0.895. The maximum absolute atomic E-state index is 9.55. The van der Waals surface area contributed by atoms with Gasteiger partial charge in [-0.2, -0.15) is 0 Å². The fourth-order valence-electron chi connectivity index (χ4n) is 3.93. The van der Waals surface area contributed by atoms with Gasteiger partial charge in [-0.25, -0.2) is 0 Å². The lowest BCUT2D eigenvalue weighted by atomic mass is 9.64. The summed E-state index contributed by atoms with van der Waals surface area (Å²) in [7, 11) is 0. The smallest absolute Gasteiger partial charge is 0.0459 e. The van der Waals surface area contributed by atoms with Gasteiger partial charge in [0.2, 0.25) is 0 Å². The topological polar surface area (TPSA) is 32.3 Å². The molecule has 0 heterocycles. The molecule has 0 amide bonds. The van der Waals surface area contributed by atoms with Crippen molar-refractivity contribution in [2.45, 2.75) is 79.2 Å². The summed E-state index contributed by atoms with van der Waals surface area (Å²) in [5.74, 6) is 1.91. The maximum Gasteiger partial charge on any atom is 0.0459 e. The molecule has 0 spiro atoms. The highest BCUT2D eigenvalue weighted by atomic mass is 16.3. The molecule has 2 heteroatoms. The number of nitrogens with one attached hydrogen (secondary N) is 1. The molecule has 1 fully saturated rings. The Morgan fingerprint density at radius 3 is 2.52 bits per heavy atom. The molecule has 1 saturated carbocycles. The Balaban J connectivity index is 2.71. The third kappa shape index (κ3) is 6.02. The van der Waals surface area contributed by atoms with Crippen molar-refractivity contribution in [3.05, 3.63) is 12.3 Å². The standard InChI is InChI=1S/C19H37NO/c1-14(2)8-7-11-19(5,6)17-12-16(13-21)9-10-18(17)20-15(3)4/h14,16-18,20-21H,3,7-13H2,1-2,4-6H3. The van der Waals surface area contributed by atoms with Crippen molar-refractivity contribution < 1.29 is 5.11 Å². The lowest BCUT2D eigenvalue weighted by Gasteiger charge is -2.45. The van der Waals surface area contributed by atoms with Crippen LogP contribution in [-0.2, 0) is 0 Å². The van der Waals surface area contributed by atoms with Crippen LogP contribution in [-0.4, -0.2) is 17.8 Å². The monoisotopic (exact) mass is 295 g/mol. The van der Waals surface area contributed by atoms with E-state index in [0.717, 1.165) is 30.9 Å². The van der Waals surface area contributed by atoms with Crippen molar-refractivity contribution in [2.75, 3.05) is 6.61 Å². The van der Waals surface area contributed by atoms with Crippen molar-refractivity contribution in [2.24, 2.45) is 23.2 Å². The van der Waals surface area contributed by atoms with Gasteiger partial charge in [0, 0.05) is 18.3 Å². The number of rotatable bonds is 8. The molecule has 0 aliphatic heterocycles. The second-order valence-corrected chi connectivity index (χ2v) is 8.27. The first-order chi connectivity index (χ1) is 9.76. The van der Waals surface area contributed by atoms with Gasteiger partial charge >= 0.3 is 0 Å². The van der Waals surface area contributed by atoms with Crippen LogP contribution in [0.3, 0.4) is 0 Å². The van der Waals surface area contributed by atoms with E-state index >= 15 is 0 Å². The summed E-state index contributed by atoms with van der Waals surface area (Å²) >= 11 is 0. The normalized spacial score (nSPS) is 26.9. The zero-order chi connectivity index (χ0) is 16.0. The van der Waals surface area contributed by atoms with Gasteiger partial charge in [0.1, 0.15) is 0 Å². The summed E-state index contributed by atoms with van der Waals surface area (Å²) in [6.45, 7) is 15.9. The van der Waals surface area contributed by atoms with E-state index in [-0.39, 0.29) is 0 Å². The van der Waals surface area contributed by atoms with Crippen LogP contribution < -0.4 is 5.32 Å². The highest BCUT2D eigenvalue weighted by Gasteiger charge is 2.39. The minimum absolute atomic E-state index is 0.329. The molecule has 2 N–H and O–H groups in total. The molecule has 0 saturated heterocycles. The molecule has 21 heavy (non-hydrogen) atoms. The Bertz CT molecular complexity index is 322. The molecule has 0 bridgehead atoms. The van der Waals surface area contributed by atoms with Crippen LogP contribution in [0.1, 0.15) is 73.1 Å². The number of aliphatic hydroxyl groups is 1. The number of hydrogen-bond acceptors (Lipinski definition) is 2. The van der Waals surface area contributed by atoms with E-state index in [1.165, 1.54) is 19.3 Å². The zero-order valence-electron chi connectivity index (χ0n) is 14.9. The molecule has 0 aromatic heterocycles. The van der Waals surface area contributed by atoms with Crippen molar-refractivity contribution in [1.29, 1.82) is 0 Å². The zero-order valence-corrected chi connectivity index (χ0v) is 14.9. The summed E-state index contributed by atoms with van der Waals surface area (Å²) in [6, 6.07) is 0.527. The molecule has 1 rings (SSSR count). The largest absolute Gasteiger partial charge is 0.396 e. The molecule has 124 valence electrons. The molecule has 1 aliphatic carbocycles. The van der Waals surface area contributed by atoms with Crippen LogP contribution in [0.15, 0.2) is 12.3 Å². The van der Waals surface area contributed by atoms with Crippen LogP contribution in [0.25, 0.3) is 0 Å². The quantitative estimate of drug-likeness (QED) is 0.678. The van der Waals surface area contributed by atoms with Gasteiger partial charge < -0.3 is 10.4 Å². The molecular formula is C19H37NO. The summed E-state index contributed by atoms with van der Waals surface area (Å²) in [5.41, 5.74) is 1.40. The average Bonchev–Trinajstić information content (AvgIpc) is 2.37. The minimum Gasteiger partial charge on any atom is -0.396 e. The van der Waals surface area contributed by atoms with Gasteiger partial charge in [-0.3, -0.25) is 0 Å². The molecule has 0 radical (unpaired) electrons. The van der Waals surface area contributed by atoms with E-state index in [9.17, 15) is 5.11 Å². The lowest BCUT2D eigenvalue weighted by Crippen LogP contribution is -2.46. The van der Waals surface area contributed by atoms with Crippen LogP contribution in [0.5, 0.6) is 0 Å². The van der Waals surface area contributed by atoms with E-state index in [0.29, 0.717) is 29.9 Å². The maximum atomic E-state index is 9.55. The van der Waals surface area contributed by atoms with E-state index in [1.54, 1.807) is 0 Å². The van der Waals surface area contributed by atoms with Crippen molar-refractivity contribution in [1.82, 2.24) is 5.32 Å². The van der Waals surface area contributed by atoms with Gasteiger partial charge in [0.25, 0.3) is 0 Å². The van der Waals surface area contributed by atoms with Crippen LogP contribution in [0.2, 0.25) is 0 Å². The van der Waals surface area contributed by atoms with Gasteiger partial charge in [-0.15, -0.1) is 0 Å². The number of hydrogen-bond donors (Lipinski definition) is 2. The van der Waals surface area contributed by atoms with Gasteiger partial charge in [-0.1, -0.05) is 47.1 Å². The van der Waals surface area contributed by atoms with Crippen LogP contribution >= 0.6 is 0 Å². The molecule has 3 atom stereocenters. The van der Waals surface area contributed by atoms with E-state index in [4.69, 9.17) is 0 Å². The predicted octanol–water partition coefficient (Wildman–Crippen LogP) is 4.74. The highest BCUT2D eigenvalue weighted by molar-refractivity contribution is 4.98. The molecule has 3 unspecified atom stereocenters. The van der Waals surface area contributed by atoms with E-state index in [1.807, 2.05) is 0 Å². The summed E-state index contributed by atoms with van der Waals surface area (Å²) in [4.78, 5) is 0. The van der Waals surface area contributed by atoms with Crippen molar-refractivity contribution in [3.8, 4) is 0 Å². The Morgan fingerprint density at radius 1 is 1.33 bits per heavy atom. The third-order valence-corrected chi connectivity index (χ3v) is 5.26. The number of allylic oxidation sites excluding steroid dienone is 1. The predicted molar refractivity (Wildman–Crippen MR) is 92.1 cm³/mol. The van der Waals surface area contributed by atoms with Crippen LogP contribution in [0.4, 0.5) is 0 Å². The first kappa shape index (κ1) is 18.5. The first-order valence-electron chi connectivity index (χ1n) is 8.79. The molecule has 0 aromatic carbocycles. The molecule has 1 aliphatic rings. The number of aliphatic hydroxyl groups excluding tert-OH is 1. The molecular weight excluding hydrogens is 258 g/mol. The third-order valence-electron chi connectivity index (χ3n) is 5.26. The Morgan fingerprint density at radius 2 is 2.00 bits per heavy atom. The average molecular weight is 296 g/mol. The highest BCUT2D eigenvalue weighted by Crippen LogP contribution is 2.44. The Kier molecular flexibility index (Phi) is 7.26. The second-order valence-electron chi connectivity index (χ2n) is 8.27. The first-order valence-corrected chi connectivity index (χ1v) is 8.79. The van der Waals surface area contributed by atoms with E-state index < -0.39 is 0 Å². The second kappa shape index (κ2) is 8.22. The van der Waals surface area contributed by atoms with Gasteiger partial charge in [0.05, 0.1) is 0 Å². The van der Waals surface area contributed by atoms with Gasteiger partial charge in [-0.05, 0) is 55.8 Å². The summed E-state index contributed by atoms with van der Waals surface area (Å²) in [5, 5.41) is 13.2.